The van der Waals surface area contributed by atoms with Crippen LogP contribution in [0.4, 0.5) is 23.0 Å². The summed E-state index contributed by atoms with van der Waals surface area (Å²) in [6.45, 7) is 7.44. The van der Waals surface area contributed by atoms with Crippen LogP contribution in [-0.4, -0.2) is 43.8 Å². The van der Waals surface area contributed by atoms with Gasteiger partial charge < -0.3 is 20.7 Å². The molecule has 1 saturated heterocycles. The fourth-order valence-corrected chi connectivity index (χ4v) is 5.73. The van der Waals surface area contributed by atoms with Crippen molar-refractivity contribution in [2.45, 2.75) is 49.7 Å². The second-order valence-corrected chi connectivity index (χ2v) is 12.0. The number of anilines is 4. The third-order valence-corrected chi connectivity index (χ3v) is 8.91. The number of methoxy groups -OCH3 is 1. The zero-order chi connectivity index (χ0) is 25.9. The number of hydrogen-bond acceptors (Lipinski definition) is 8. The van der Waals surface area contributed by atoms with Crippen LogP contribution in [0.15, 0.2) is 47.5 Å². The first kappa shape index (κ1) is 26.2. The van der Waals surface area contributed by atoms with Crippen molar-refractivity contribution in [3.8, 4) is 5.75 Å². The zero-order valence-corrected chi connectivity index (χ0v) is 22.5. The van der Waals surface area contributed by atoms with Gasteiger partial charge in [0.05, 0.1) is 34.8 Å². The largest absolute Gasteiger partial charge is 0.495 e. The van der Waals surface area contributed by atoms with Gasteiger partial charge in [-0.25, -0.2) is 18.4 Å². The molecule has 0 unspecified atom stereocenters. The molecule has 0 saturated carbocycles. The molecule has 0 atom stereocenters. The lowest BCUT2D eigenvalue weighted by molar-refractivity contribution is 0.413. The Hall–Kier alpha value is -2.88. The molecule has 3 aromatic rings. The summed E-state index contributed by atoms with van der Waals surface area (Å²) in [7, 11) is -1.87. The van der Waals surface area contributed by atoms with Gasteiger partial charge in [0, 0.05) is 0 Å². The fraction of sp³-hybridized carbons (Fsp3) is 0.385. The summed E-state index contributed by atoms with van der Waals surface area (Å²) in [5, 5.41) is 9.31. The summed E-state index contributed by atoms with van der Waals surface area (Å²) in [6, 6.07) is 10.8. The van der Waals surface area contributed by atoms with E-state index in [0.717, 1.165) is 31.6 Å². The van der Waals surface area contributed by atoms with Gasteiger partial charge in [0.2, 0.25) is 0 Å². The van der Waals surface area contributed by atoms with Gasteiger partial charge in [-0.1, -0.05) is 23.7 Å². The van der Waals surface area contributed by atoms with Gasteiger partial charge in [-0.3, -0.25) is 0 Å². The topological polar surface area (TPSA) is 105 Å². The van der Waals surface area contributed by atoms with Gasteiger partial charge in [0.15, 0.2) is 26.6 Å². The highest BCUT2D eigenvalue weighted by molar-refractivity contribution is 7.92. The highest BCUT2D eigenvalue weighted by Crippen LogP contribution is 2.37. The third-order valence-electron chi connectivity index (χ3n) is 6.42. The average molecular weight is 530 g/mol. The minimum absolute atomic E-state index is 0.127. The summed E-state index contributed by atoms with van der Waals surface area (Å²) in [5.41, 5.74) is 3.63. The fourth-order valence-electron chi connectivity index (χ4n) is 4.39. The van der Waals surface area contributed by atoms with E-state index in [4.69, 9.17) is 16.3 Å². The maximum absolute atomic E-state index is 12.8. The summed E-state index contributed by atoms with van der Waals surface area (Å²) in [4.78, 5) is 9.00. The molecule has 10 heteroatoms. The Kier molecular flexibility index (Phi) is 8.02. The second kappa shape index (κ2) is 11.0. The number of halogens is 1. The summed E-state index contributed by atoms with van der Waals surface area (Å²) in [5.74, 6) is 1.91. The number of para-hydroxylation sites is 1. The first-order chi connectivity index (χ1) is 17.2. The first-order valence-corrected chi connectivity index (χ1v) is 13.9. The summed E-state index contributed by atoms with van der Waals surface area (Å²) in [6.07, 6.45) is 3.73. The molecule has 0 amide bonds. The number of piperidine rings is 1. The van der Waals surface area contributed by atoms with Crippen molar-refractivity contribution < 1.29 is 13.2 Å². The monoisotopic (exact) mass is 529 g/mol. The van der Waals surface area contributed by atoms with Crippen molar-refractivity contribution in [3.05, 3.63) is 58.9 Å². The van der Waals surface area contributed by atoms with Gasteiger partial charge in [-0.15, -0.1) is 0 Å². The number of ether oxygens (including phenoxy) is 1. The van der Waals surface area contributed by atoms with Crippen LogP contribution in [-0.2, 0) is 9.84 Å². The van der Waals surface area contributed by atoms with Crippen LogP contribution in [0.1, 0.15) is 43.7 Å². The highest BCUT2D eigenvalue weighted by atomic mass is 35.5. The third kappa shape index (κ3) is 5.58. The molecule has 3 N–H and O–H groups in total. The standard InChI is InChI=1S/C26H32ClN5O3S/c1-16(2)36(33,34)23-8-6-5-7-20(23)31-26-25(27)29-15-24(32-26)30-21-13-17(3)19(14-22(21)35-4)18-9-11-28-12-10-18/h5-8,13-16,18,28H,9-12H2,1-4H3,(H2,30,31,32). The lowest BCUT2D eigenvalue weighted by Crippen LogP contribution is -2.27. The SMILES string of the molecule is COc1cc(C2CCNCC2)c(C)cc1Nc1cnc(Cl)c(Nc2ccccc2S(=O)(=O)C(C)C)n1. The maximum Gasteiger partial charge on any atom is 0.182 e. The number of aryl methyl sites for hydroxylation is 1. The minimum atomic E-state index is -3.52. The Balaban J connectivity index is 1.63. The Morgan fingerprint density at radius 2 is 1.83 bits per heavy atom. The van der Waals surface area contributed by atoms with Crippen molar-refractivity contribution in [3.63, 3.8) is 0 Å². The van der Waals surface area contributed by atoms with Gasteiger partial charge in [0.25, 0.3) is 0 Å². The second-order valence-electron chi connectivity index (χ2n) is 9.17. The smallest absolute Gasteiger partial charge is 0.182 e. The van der Waals surface area contributed by atoms with Gasteiger partial charge in [-0.05, 0) is 88.0 Å². The molecule has 36 heavy (non-hydrogen) atoms. The molecule has 1 aromatic heterocycles. The van der Waals surface area contributed by atoms with Crippen LogP contribution in [0.2, 0.25) is 5.15 Å². The van der Waals surface area contributed by atoms with Crippen LogP contribution < -0.4 is 20.7 Å². The molecule has 2 heterocycles. The van der Waals surface area contributed by atoms with E-state index in [-0.39, 0.29) is 15.9 Å². The van der Waals surface area contributed by atoms with Crippen molar-refractivity contribution in [2.75, 3.05) is 30.8 Å². The molecular weight excluding hydrogens is 498 g/mol. The summed E-state index contributed by atoms with van der Waals surface area (Å²) < 4.78 is 31.4. The maximum atomic E-state index is 12.8. The predicted octanol–water partition coefficient (Wildman–Crippen LogP) is 5.58. The quantitative estimate of drug-likeness (QED) is 0.347. The highest BCUT2D eigenvalue weighted by Gasteiger charge is 2.23. The molecule has 0 aliphatic carbocycles. The van der Waals surface area contributed by atoms with Gasteiger partial charge >= 0.3 is 0 Å². The van der Waals surface area contributed by atoms with E-state index in [1.807, 2.05) is 0 Å². The Morgan fingerprint density at radius 3 is 2.53 bits per heavy atom. The number of benzene rings is 2. The Morgan fingerprint density at radius 1 is 1.11 bits per heavy atom. The number of aromatic nitrogens is 2. The van der Waals surface area contributed by atoms with E-state index in [0.29, 0.717) is 23.2 Å². The molecule has 2 aromatic carbocycles. The van der Waals surface area contributed by atoms with E-state index >= 15 is 0 Å². The van der Waals surface area contributed by atoms with Crippen molar-refractivity contribution in [1.82, 2.24) is 15.3 Å². The van der Waals surface area contributed by atoms with Crippen LogP contribution in [0.5, 0.6) is 5.75 Å². The molecule has 0 spiro atoms. The van der Waals surface area contributed by atoms with Crippen LogP contribution >= 0.6 is 11.6 Å². The number of sulfone groups is 1. The minimum Gasteiger partial charge on any atom is -0.495 e. The van der Waals surface area contributed by atoms with E-state index in [1.165, 1.54) is 17.3 Å². The van der Waals surface area contributed by atoms with E-state index in [9.17, 15) is 8.42 Å². The molecule has 1 fully saturated rings. The first-order valence-electron chi connectivity index (χ1n) is 12.0. The van der Waals surface area contributed by atoms with Gasteiger partial charge in [-0.2, -0.15) is 0 Å². The molecule has 0 bridgehead atoms. The van der Waals surface area contributed by atoms with Crippen LogP contribution in [0.3, 0.4) is 0 Å². The zero-order valence-electron chi connectivity index (χ0n) is 20.9. The normalized spacial score (nSPS) is 14.6. The Labute approximate surface area is 217 Å². The number of rotatable bonds is 8. The molecule has 4 rings (SSSR count). The molecule has 8 nitrogen and oxygen atoms in total. The lowest BCUT2D eigenvalue weighted by atomic mass is 9.87. The van der Waals surface area contributed by atoms with Crippen molar-refractivity contribution >= 4 is 44.4 Å². The molecule has 1 aliphatic rings. The van der Waals surface area contributed by atoms with Crippen LogP contribution in [0, 0.1) is 6.92 Å². The van der Waals surface area contributed by atoms with Gasteiger partial charge in [0.1, 0.15) is 5.75 Å². The lowest BCUT2D eigenvalue weighted by Gasteiger charge is -2.25. The molecule has 192 valence electrons. The molecule has 0 radical (unpaired) electrons. The van der Waals surface area contributed by atoms with Crippen molar-refractivity contribution in [2.24, 2.45) is 0 Å². The number of nitrogens with one attached hydrogen (secondary N) is 3. The summed E-state index contributed by atoms with van der Waals surface area (Å²) >= 11 is 6.33. The predicted molar refractivity (Wildman–Crippen MR) is 145 cm³/mol. The Bertz CT molecular complexity index is 1340. The van der Waals surface area contributed by atoms with E-state index < -0.39 is 15.1 Å². The van der Waals surface area contributed by atoms with E-state index in [1.54, 1.807) is 45.2 Å². The number of nitrogens with zero attached hydrogens (tertiary/aromatic N) is 2. The average Bonchev–Trinajstić information content (AvgIpc) is 2.87. The molecular formula is C26H32ClN5O3S. The van der Waals surface area contributed by atoms with E-state index in [2.05, 4.69) is 45.0 Å². The molecule has 1 aliphatic heterocycles. The van der Waals surface area contributed by atoms with Crippen LogP contribution in [0.25, 0.3) is 0 Å². The number of hydrogen-bond donors (Lipinski definition) is 3. The van der Waals surface area contributed by atoms with Crippen molar-refractivity contribution in [1.29, 1.82) is 0 Å².